The Labute approximate surface area is 128 Å². The lowest BCUT2D eigenvalue weighted by Gasteiger charge is -2.23. The molecule has 0 fully saturated rings. The summed E-state index contributed by atoms with van der Waals surface area (Å²) in [6.07, 6.45) is -1.11. The lowest BCUT2D eigenvalue weighted by Crippen LogP contribution is -2.44. The molecule has 0 saturated heterocycles. The lowest BCUT2D eigenvalue weighted by molar-refractivity contribution is -0.121. The molecule has 0 bridgehead atoms. The molecule has 2 unspecified atom stereocenters. The van der Waals surface area contributed by atoms with Crippen molar-refractivity contribution >= 4 is 50.7 Å². The zero-order valence-electron chi connectivity index (χ0n) is 9.69. The van der Waals surface area contributed by atoms with E-state index in [4.69, 9.17) is 28.9 Å². The Bertz CT molecular complexity index is 460. The third-order valence-electron chi connectivity index (χ3n) is 2.47. The molecule has 19 heavy (non-hydrogen) atoms. The summed E-state index contributed by atoms with van der Waals surface area (Å²) in [5.74, 6) is -0.684. The average molecular weight is 372 g/mol. The summed E-state index contributed by atoms with van der Waals surface area (Å²) in [7, 11) is 0. The Balaban J connectivity index is 2.85. The number of aliphatic hydroxyl groups excluding tert-OH is 2. The quantitative estimate of drug-likeness (QED) is 0.464. The van der Waals surface area contributed by atoms with Crippen molar-refractivity contribution in [2.24, 2.45) is 0 Å². The number of nitrogen functional groups attached to an aromatic ring is 1. The van der Waals surface area contributed by atoms with Crippen LogP contribution in [0.1, 0.15) is 11.7 Å². The van der Waals surface area contributed by atoms with Gasteiger partial charge in [-0.15, -0.1) is 0 Å². The van der Waals surface area contributed by atoms with E-state index in [1.807, 2.05) is 0 Å². The van der Waals surface area contributed by atoms with Crippen molar-refractivity contribution in [2.75, 3.05) is 12.3 Å². The number of carbonyl (C=O) groups excluding carboxylic acids is 1. The molecule has 0 aromatic heterocycles. The van der Waals surface area contributed by atoms with Crippen LogP contribution in [0, 0.1) is 0 Å². The first-order valence-corrected chi connectivity index (χ1v) is 6.95. The normalized spacial score (nSPS) is 14.2. The van der Waals surface area contributed by atoms with Crippen LogP contribution >= 0.6 is 39.1 Å². The summed E-state index contributed by atoms with van der Waals surface area (Å²) < 4.78 is 0.611. The monoisotopic (exact) mass is 370 g/mol. The second-order valence-electron chi connectivity index (χ2n) is 3.82. The average Bonchev–Trinajstić information content (AvgIpc) is 2.37. The number of amides is 1. The van der Waals surface area contributed by atoms with Gasteiger partial charge in [0.1, 0.15) is 6.10 Å². The van der Waals surface area contributed by atoms with Crippen molar-refractivity contribution in [1.29, 1.82) is 0 Å². The zero-order valence-corrected chi connectivity index (χ0v) is 12.8. The van der Waals surface area contributed by atoms with Crippen LogP contribution in [0.5, 0.6) is 0 Å². The smallest absolute Gasteiger partial charge is 0.253 e. The Hall–Kier alpha value is -0.530. The molecule has 5 N–H and O–H groups in total. The van der Waals surface area contributed by atoms with Gasteiger partial charge in [0, 0.05) is 10.2 Å². The highest BCUT2D eigenvalue weighted by Crippen LogP contribution is 2.25. The molecule has 0 radical (unpaired) electrons. The molecule has 1 amide bonds. The van der Waals surface area contributed by atoms with Crippen LogP contribution < -0.4 is 11.1 Å². The Morgan fingerprint density at radius 2 is 2.11 bits per heavy atom. The van der Waals surface area contributed by atoms with Crippen molar-refractivity contribution in [3.05, 3.63) is 28.2 Å². The number of aliphatic hydroxyl groups is 2. The van der Waals surface area contributed by atoms with Crippen LogP contribution in [-0.4, -0.2) is 33.6 Å². The molecule has 1 rings (SSSR count). The predicted molar refractivity (Wildman–Crippen MR) is 78.0 cm³/mol. The van der Waals surface area contributed by atoms with Gasteiger partial charge in [-0.1, -0.05) is 29.3 Å². The van der Waals surface area contributed by atoms with E-state index < -0.39 is 29.5 Å². The Kier molecular flexibility index (Phi) is 6.35. The van der Waals surface area contributed by atoms with Crippen molar-refractivity contribution in [2.45, 2.75) is 17.0 Å². The van der Waals surface area contributed by atoms with Gasteiger partial charge in [-0.05, 0) is 33.6 Å². The van der Waals surface area contributed by atoms with Crippen LogP contribution in [0.3, 0.4) is 0 Å². The van der Waals surface area contributed by atoms with E-state index in [0.717, 1.165) is 0 Å². The number of benzene rings is 1. The maximum Gasteiger partial charge on any atom is 0.253 e. The van der Waals surface area contributed by atoms with Crippen LogP contribution in [0.4, 0.5) is 5.69 Å². The van der Waals surface area contributed by atoms with Crippen LogP contribution in [-0.2, 0) is 4.79 Å². The van der Waals surface area contributed by atoms with Gasteiger partial charge in [-0.25, -0.2) is 0 Å². The summed E-state index contributed by atoms with van der Waals surface area (Å²) in [6.45, 7) is -0.463. The number of hydrogen-bond acceptors (Lipinski definition) is 4. The number of anilines is 1. The number of carbonyl (C=O) groups is 1. The van der Waals surface area contributed by atoms with E-state index in [-0.39, 0.29) is 0 Å². The molecule has 0 aliphatic heterocycles. The van der Waals surface area contributed by atoms with Gasteiger partial charge < -0.3 is 21.3 Å². The van der Waals surface area contributed by atoms with E-state index in [1.165, 1.54) is 0 Å². The van der Waals surface area contributed by atoms with E-state index in [0.29, 0.717) is 15.7 Å². The fourth-order valence-electron chi connectivity index (χ4n) is 1.43. The first-order chi connectivity index (χ1) is 8.86. The molecule has 0 spiro atoms. The van der Waals surface area contributed by atoms with Gasteiger partial charge in [0.05, 0.1) is 12.6 Å². The predicted octanol–water partition coefficient (Wildman–Crippen LogP) is 1.35. The van der Waals surface area contributed by atoms with Gasteiger partial charge in [0.2, 0.25) is 0 Å². The van der Waals surface area contributed by atoms with Gasteiger partial charge in [0.25, 0.3) is 5.91 Å². The first kappa shape index (κ1) is 16.5. The van der Waals surface area contributed by atoms with Crippen molar-refractivity contribution < 1.29 is 15.0 Å². The summed E-state index contributed by atoms with van der Waals surface area (Å²) in [4.78, 5) is 10.1. The van der Waals surface area contributed by atoms with Gasteiger partial charge in [0.15, 0.2) is 4.84 Å². The number of rotatable bonds is 5. The number of nitrogens with two attached hydrogens (primary N) is 1. The number of halogens is 3. The minimum Gasteiger partial charge on any atom is -0.398 e. The van der Waals surface area contributed by atoms with Crippen molar-refractivity contribution in [1.82, 2.24) is 5.32 Å². The van der Waals surface area contributed by atoms with Crippen LogP contribution in [0.15, 0.2) is 22.7 Å². The molecule has 1 aromatic rings. The molecule has 0 aliphatic rings. The maximum absolute atomic E-state index is 11.3. The maximum atomic E-state index is 11.3. The van der Waals surface area contributed by atoms with E-state index in [9.17, 15) is 15.0 Å². The molecule has 0 aliphatic carbocycles. The summed E-state index contributed by atoms with van der Waals surface area (Å²) in [5.41, 5.74) is 6.64. The van der Waals surface area contributed by atoms with Crippen LogP contribution in [0.25, 0.3) is 0 Å². The SMILES string of the molecule is Nc1ccc(C(O)C(CO)NC(=O)C(Cl)Cl)cc1Br. The second-order valence-corrected chi connectivity index (χ2v) is 5.77. The third kappa shape index (κ3) is 4.50. The molecule has 2 atom stereocenters. The van der Waals surface area contributed by atoms with Gasteiger partial charge >= 0.3 is 0 Å². The second kappa shape index (κ2) is 7.31. The van der Waals surface area contributed by atoms with E-state index >= 15 is 0 Å². The summed E-state index contributed by atoms with van der Waals surface area (Å²) in [5, 5.41) is 21.7. The Morgan fingerprint density at radius 3 is 2.58 bits per heavy atom. The molecular formula is C11H13BrCl2N2O3. The van der Waals surface area contributed by atoms with E-state index in [2.05, 4.69) is 21.2 Å². The molecule has 0 saturated carbocycles. The Morgan fingerprint density at radius 1 is 1.47 bits per heavy atom. The standard InChI is InChI=1S/C11H13BrCl2N2O3/c12-6-3-5(1-2-7(6)15)9(18)8(4-17)16-11(19)10(13)14/h1-3,8-10,17-18H,4,15H2,(H,16,19). The highest BCUT2D eigenvalue weighted by molar-refractivity contribution is 9.10. The molecule has 106 valence electrons. The zero-order chi connectivity index (χ0) is 14.6. The minimum atomic E-state index is -1.26. The van der Waals surface area contributed by atoms with Crippen molar-refractivity contribution in [3.63, 3.8) is 0 Å². The third-order valence-corrected chi connectivity index (χ3v) is 3.55. The fraction of sp³-hybridized carbons (Fsp3) is 0.364. The highest BCUT2D eigenvalue weighted by atomic mass is 79.9. The topological polar surface area (TPSA) is 95.6 Å². The largest absolute Gasteiger partial charge is 0.398 e. The number of alkyl halides is 2. The minimum absolute atomic E-state index is 0.463. The summed E-state index contributed by atoms with van der Waals surface area (Å²) in [6, 6.07) is 3.89. The van der Waals surface area contributed by atoms with Crippen molar-refractivity contribution in [3.8, 4) is 0 Å². The van der Waals surface area contributed by atoms with Crippen LogP contribution in [0.2, 0.25) is 0 Å². The van der Waals surface area contributed by atoms with Gasteiger partial charge in [-0.2, -0.15) is 0 Å². The molecular weight excluding hydrogens is 359 g/mol. The lowest BCUT2D eigenvalue weighted by atomic mass is 10.0. The molecule has 8 heteroatoms. The molecule has 5 nitrogen and oxygen atoms in total. The van der Waals surface area contributed by atoms with Gasteiger partial charge in [-0.3, -0.25) is 4.79 Å². The molecule has 1 aromatic carbocycles. The first-order valence-electron chi connectivity index (χ1n) is 5.29. The van der Waals surface area contributed by atoms with E-state index in [1.54, 1.807) is 18.2 Å². The highest BCUT2D eigenvalue weighted by Gasteiger charge is 2.24. The fourth-order valence-corrected chi connectivity index (χ4v) is 1.95. The number of nitrogens with one attached hydrogen (secondary N) is 1. The molecule has 0 heterocycles. The summed E-state index contributed by atoms with van der Waals surface area (Å²) >= 11 is 14.0. The number of hydrogen-bond donors (Lipinski definition) is 4.